The minimum atomic E-state index is -0.607. The minimum Gasteiger partial charge on any atom is -0.497 e. The fourth-order valence-corrected chi connectivity index (χ4v) is 4.66. The molecule has 1 aliphatic carbocycles. The molecule has 0 fully saturated rings. The van der Waals surface area contributed by atoms with Crippen LogP contribution in [0.4, 0.5) is 0 Å². The van der Waals surface area contributed by atoms with Gasteiger partial charge in [-0.15, -0.1) is 0 Å². The van der Waals surface area contributed by atoms with E-state index in [1.165, 1.54) is 10.8 Å². The number of ketones is 1. The third-order valence-electron chi connectivity index (χ3n) is 6.42. The van der Waals surface area contributed by atoms with Gasteiger partial charge in [-0.25, -0.2) is 0 Å². The Morgan fingerprint density at radius 1 is 1.32 bits per heavy atom. The van der Waals surface area contributed by atoms with Crippen molar-refractivity contribution in [3.8, 4) is 5.75 Å². The Hall–Kier alpha value is -2.27. The van der Waals surface area contributed by atoms with Gasteiger partial charge in [-0.2, -0.15) is 0 Å². The van der Waals surface area contributed by atoms with E-state index in [4.69, 9.17) is 14.7 Å². The van der Waals surface area contributed by atoms with Crippen molar-refractivity contribution >= 4 is 17.1 Å². The lowest BCUT2D eigenvalue weighted by atomic mass is 9.71. The van der Waals surface area contributed by atoms with Crippen molar-refractivity contribution in [3.05, 3.63) is 40.4 Å². The minimum absolute atomic E-state index is 0.0706. The lowest BCUT2D eigenvalue weighted by Crippen LogP contribution is -2.41. The number of allylic oxidation sites excluding steroid dienone is 1. The molecule has 3 aliphatic rings. The summed E-state index contributed by atoms with van der Waals surface area (Å²) >= 11 is 0. The van der Waals surface area contributed by atoms with Crippen molar-refractivity contribution in [2.24, 2.45) is 27.7 Å². The lowest BCUT2D eigenvalue weighted by molar-refractivity contribution is -0.121. The summed E-state index contributed by atoms with van der Waals surface area (Å²) in [7, 11) is 1.66. The molecule has 4 unspecified atom stereocenters. The molecule has 2 heterocycles. The summed E-state index contributed by atoms with van der Waals surface area (Å²) in [6.07, 6.45) is 2.54. The number of benzene rings is 1. The first-order chi connectivity index (χ1) is 13.4. The normalized spacial score (nSPS) is 29.1. The summed E-state index contributed by atoms with van der Waals surface area (Å²) in [6.45, 7) is 6.70. The van der Waals surface area contributed by atoms with Crippen LogP contribution in [0.2, 0.25) is 0 Å². The largest absolute Gasteiger partial charge is 0.497 e. The lowest BCUT2D eigenvalue weighted by Gasteiger charge is -2.36. The van der Waals surface area contributed by atoms with Crippen LogP contribution in [0.5, 0.6) is 5.75 Å². The molecule has 4 atom stereocenters. The van der Waals surface area contributed by atoms with Crippen molar-refractivity contribution < 1.29 is 14.6 Å². The molecule has 2 aliphatic heterocycles. The highest BCUT2D eigenvalue weighted by molar-refractivity contribution is 6.01. The second-order valence-corrected chi connectivity index (χ2v) is 8.37. The topological polar surface area (TPSA) is 71.2 Å². The van der Waals surface area contributed by atoms with Gasteiger partial charge in [-0.1, -0.05) is 20.8 Å². The third kappa shape index (κ3) is 3.12. The van der Waals surface area contributed by atoms with Crippen molar-refractivity contribution in [2.45, 2.75) is 45.8 Å². The number of carbonyl (C=O) groups is 1. The SMILES string of the molecule is COc1ccc2c(c1)=NC1C(CC3C(C)C(=O)C=C(C(C)C)C3O)=NCCC=21. The molecule has 28 heavy (non-hydrogen) atoms. The maximum atomic E-state index is 12.5. The number of methoxy groups -OCH3 is 1. The van der Waals surface area contributed by atoms with Crippen molar-refractivity contribution in [1.82, 2.24) is 0 Å². The highest BCUT2D eigenvalue weighted by Gasteiger charge is 2.39. The number of aliphatic hydroxyl groups is 1. The Balaban J connectivity index is 1.66. The fourth-order valence-electron chi connectivity index (χ4n) is 4.66. The van der Waals surface area contributed by atoms with E-state index in [-0.39, 0.29) is 29.6 Å². The fraction of sp³-hybridized carbons (Fsp3) is 0.522. The molecule has 1 N–H and O–H groups in total. The molecule has 5 heteroatoms. The molecule has 148 valence electrons. The van der Waals surface area contributed by atoms with Crippen LogP contribution in [0.3, 0.4) is 0 Å². The van der Waals surface area contributed by atoms with E-state index in [0.29, 0.717) is 6.42 Å². The van der Waals surface area contributed by atoms with Crippen LogP contribution in [-0.4, -0.2) is 42.4 Å². The quantitative estimate of drug-likeness (QED) is 0.867. The summed E-state index contributed by atoms with van der Waals surface area (Å²) in [5, 5.41) is 13.1. The summed E-state index contributed by atoms with van der Waals surface area (Å²) < 4.78 is 5.34. The molecule has 0 amide bonds. The number of aliphatic hydroxyl groups excluding tert-OH is 1. The summed E-state index contributed by atoms with van der Waals surface area (Å²) in [5.74, 6) is 0.693. The number of ether oxygens (including phenoxy) is 1. The van der Waals surface area contributed by atoms with Gasteiger partial charge in [0.25, 0.3) is 0 Å². The van der Waals surface area contributed by atoms with Crippen LogP contribution in [0.1, 0.15) is 33.6 Å². The Kier molecular flexibility index (Phi) is 4.96. The predicted molar refractivity (Wildman–Crippen MR) is 109 cm³/mol. The van der Waals surface area contributed by atoms with E-state index in [1.807, 2.05) is 32.9 Å². The molecule has 0 bridgehead atoms. The number of nitrogens with zero attached hydrogens (tertiary/aromatic N) is 2. The van der Waals surface area contributed by atoms with Crippen LogP contribution in [-0.2, 0) is 4.79 Å². The van der Waals surface area contributed by atoms with Crippen LogP contribution in [0.25, 0.3) is 5.57 Å². The van der Waals surface area contributed by atoms with Gasteiger partial charge in [0.15, 0.2) is 5.78 Å². The van der Waals surface area contributed by atoms with Gasteiger partial charge in [0.1, 0.15) is 11.8 Å². The molecule has 0 saturated heterocycles. The van der Waals surface area contributed by atoms with Crippen LogP contribution in [0, 0.1) is 17.8 Å². The van der Waals surface area contributed by atoms with Crippen molar-refractivity contribution in [1.29, 1.82) is 0 Å². The first kappa shape index (κ1) is 19.1. The van der Waals surface area contributed by atoms with Gasteiger partial charge >= 0.3 is 0 Å². The van der Waals surface area contributed by atoms with E-state index in [1.54, 1.807) is 13.2 Å². The van der Waals surface area contributed by atoms with E-state index < -0.39 is 6.10 Å². The Bertz CT molecular complexity index is 990. The zero-order valence-electron chi connectivity index (χ0n) is 17.0. The molecule has 0 aromatic heterocycles. The molecule has 5 nitrogen and oxygen atoms in total. The highest BCUT2D eigenvalue weighted by atomic mass is 16.5. The van der Waals surface area contributed by atoms with Crippen LogP contribution < -0.4 is 15.3 Å². The third-order valence-corrected chi connectivity index (χ3v) is 6.42. The smallest absolute Gasteiger partial charge is 0.158 e. The Morgan fingerprint density at radius 3 is 2.82 bits per heavy atom. The molecular weight excluding hydrogens is 352 g/mol. The van der Waals surface area contributed by atoms with Crippen molar-refractivity contribution in [2.75, 3.05) is 13.7 Å². The average Bonchev–Trinajstić information content (AvgIpc) is 3.06. The molecule has 0 radical (unpaired) electrons. The first-order valence-corrected chi connectivity index (χ1v) is 10.1. The van der Waals surface area contributed by atoms with Gasteiger partial charge in [-0.3, -0.25) is 14.8 Å². The number of fused-ring (bicyclic) bond motifs is 2. The maximum absolute atomic E-state index is 12.5. The molecule has 4 rings (SSSR count). The second kappa shape index (κ2) is 7.28. The van der Waals surface area contributed by atoms with E-state index in [2.05, 4.69) is 6.07 Å². The molecular formula is C23H28N2O3. The number of hydrogen-bond acceptors (Lipinski definition) is 5. The van der Waals surface area contributed by atoms with Gasteiger partial charge in [0, 0.05) is 35.4 Å². The number of hydrogen-bond donors (Lipinski definition) is 1. The number of carbonyl (C=O) groups excluding carboxylic acids is 1. The average molecular weight is 380 g/mol. The second-order valence-electron chi connectivity index (χ2n) is 8.37. The number of aliphatic imine (C=N–C) groups is 1. The zero-order chi connectivity index (χ0) is 20.0. The summed E-state index contributed by atoms with van der Waals surface area (Å²) in [6, 6.07) is 5.95. The first-order valence-electron chi connectivity index (χ1n) is 10.1. The maximum Gasteiger partial charge on any atom is 0.158 e. The monoisotopic (exact) mass is 380 g/mol. The highest BCUT2D eigenvalue weighted by Crippen LogP contribution is 2.36. The van der Waals surface area contributed by atoms with E-state index in [0.717, 1.165) is 35.4 Å². The summed E-state index contributed by atoms with van der Waals surface area (Å²) in [5.41, 5.74) is 3.13. The summed E-state index contributed by atoms with van der Waals surface area (Å²) in [4.78, 5) is 22.2. The molecule has 0 spiro atoms. The van der Waals surface area contributed by atoms with Gasteiger partial charge in [-0.05, 0) is 48.1 Å². The van der Waals surface area contributed by atoms with E-state index >= 15 is 0 Å². The zero-order valence-corrected chi connectivity index (χ0v) is 17.0. The van der Waals surface area contributed by atoms with Crippen molar-refractivity contribution in [3.63, 3.8) is 0 Å². The van der Waals surface area contributed by atoms with Gasteiger partial charge < -0.3 is 9.84 Å². The molecule has 1 aromatic carbocycles. The van der Waals surface area contributed by atoms with Gasteiger partial charge in [0.05, 0.1) is 18.6 Å². The standard InChI is InChI=1S/C23H28N2O3/c1-12(2)17-11-21(26)13(3)18(23(17)27)10-20-22-16(7-8-24-20)15-6-5-14(28-4)9-19(15)25-22/h5-6,9,11-13,18,22-23,27H,7-8,10H2,1-4H3. The Labute approximate surface area is 165 Å². The molecule has 0 saturated carbocycles. The van der Waals surface area contributed by atoms with E-state index in [9.17, 15) is 9.90 Å². The Morgan fingerprint density at radius 2 is 2.11 bits per heavy atom. The van der Waals surface area contributed by atoms with Gasteiger partial charge in [0.2, 0.25) is 0 Å². The number of rotatable bonds is 4. The van der Waals surface area contributed by atoms with Crippen LogP contribution >= 0.6 is 0 Å². The molecule has 1 aromatic rings. The van der Waals surface area contributed by atoms with Crippen LogP contribution in [0.15, 0.2) is 39.8 Å². The predicted octanol–water partition coefficient (Wildman–Crippen LogP) is 1.86.